The topological polar surface area (TPSA) is 84.3 Å². The molecular formula is C21H23F3N4O3S. The standard InChI is InChI=1S/C21H23F3N4O3S/c1-3-27(4-2)32(30,31)16-11-9-15(10-12-16)13-25-19(29)14-28-18-8-6-5-7-17(18)26-20(28)21(22,23)24/h5-12H,3-4,13-14H2,1-2H3,(H,25,29). The van der Waals surface area contributed by atoms with E-state index in [2.05, 4.69) is 10.3 Å². The van der Waals surface area contributed by atoms with Crippen LogP contribution in [0.3, 0.4) is 0 Å². The molecule has 0 aliphatic carbocycles. The molecule has 0 spiro atoms. The Morgan fingerprint density at radius 1 is 1.06 bits per heavy atom. The number of imidazole rings is 1. The van der Waals surface area contributed by atoms with E-state index in [0.717, 1.165) is 4.57 Å². The number of aromatic nitrogens is 2. The van der Waals surface area contributed by atoms with Gasteiger partial charge >= 0.3 is 6.18 Å². The first-order chi connectivity index (χ1) is 15.1. The van der Waals surface area contributed by atoms with Gasteiger partial charge in [0.1, 0.15) is 6.54 Å². The largest absolute Gasteiger partial charge is 0.449 e. The maximum atomic E-state index is 13.4. The van der Waals surface area contributed by atoms with E-state index in [4.69, 9.17) is 0 Å². The van der Waals surface area contributed by atoms with Crippen molar-refractivity contribution >= 4 is 27.0 Å². The average Bonchev–Trinajstić information content (AvgIpc) is 3.12. The van der Waals surface area contributed by atoms with Crippen molar-refractivity contribution in [3.8, 4) is 0 Å². The van der Waals surface area contributed by atoms with Crippen LogP contribution in [0.5, 0.6) is 0 Å². The van der Waals surface area contributed by atoms with Gasteiger partial charge in [0.25, 0.3) is 0 Å². The molecule has 172 valence electrons. The number of carbonyl (C=O) groups excluding carboxylic acids is 1. The number of halogens is 3. The Morgan fingerprint density at radius 3 is 2.28 bits per heavy atom. The van der Waals surface area contributed by atoms with Gasteiger partial charge in [-0.1, -0.05) is 38.1 Å². The summed E-state index contributed by atoms with van der Waals surface area (Å²) in [5.41, 5.74) is 0.974. The zero-order chi connectivity index (χ0) is 23.5. The number of nitrogens with one attached hydrogen (secondary N) is 1. The summed E-state index contributed by atoms with van der Waals surface area (Å²) in [5, 5.41) is 2.57. The molecule has 1 N–H and O–H groups in total. The summed E-state index contributed by atoms with van der Waals surface area (Å²) in [4.78, 5) is 16.1. The first-order valence-electron chi connectivity index (χ1n) is 9.96. The minimum atomic E-state index is -4.70. The van der Waals surface area contributed by atoms with Crippen molar-refractivity contribution in [2.45, 2.75) is 38.0 Å². The molecule has 0 bridgehead atoms. The maximum Gasteiger partial charge on any atom is 0.449 e. The molecule has 7 nitrogen and oxygen atoms in total. The molecule has 0 aliphatic heterocycles. The van der Waals surface area contributed by atoms with Gasteiger partial charge in [-0.2, -0.15) is 17.5 Å². The number of rotatable bonds is 8. The van der Waals surface area contributed by atoms with E-state index in [1.54, 1.807) is 38.1 Å². The SMILES string of the molecule is CCN(CC)S(=O)(=O)c1ccc(CNC(=O)Cn2c(C(F)(F)F)nc3ccccc32)cc1. The molecule has 0 aliphatic rings. The molecule has 0 fully saturated rings. The number of hydrogen-bond acceptors (Lipinski definition) is 4. The molecule has 3 aromatic rings. The van der Waals surface area contributed by atoms with Crippen molar-refractivity contribution in [3.63, 3.8) is 0 Å². The maximum absolute atomic E-state index is 13.4. The summed E-state index contributed by atoms with van der Waals surface area (Å²) in [6.45, 7) is 3.68. The van der Waals surface area contributed by atoms with Gasteiger partial charge in [0.05, 0.1) is 15.9 Å². The molecule has 1 aromatic heterocycles. The number of benzene rings is 2. The van der Waals surface area contributed by atoms with Crippen molar-refractivity contribution in [1.82, 2.24) is 19.2 Å². The molecule has 0 saturated carbocycles. The summed E-state index contributed by atoms with van der Waals surface area (Å²) in [6.07, 6.45) is -4.70. The number of alkyl halides is 3. The number of nitrogens with zero attached hydrogens (tertiary/aromatic N) is 3. The van der Waals surface area contributed by atoms with E-state index in [0.29, 0.717) is 18.7 Å². The summed E-state index contributed by atoms with van der Waals surface area (Å²) < 4.78 is 67.3. The van der Waals surface area contributed by atoms with E-state index >= 15 is 0 Å². The third kappa shape index (κ3) is 4.94. The highest BCUT2D eigenvalue weighted by Crippen LogP contribution is 2.31. The second-order valence-electron chi connectivity index (χ2n) is 7.02. The van der Waals surface area contributed by atoms with Crippen LogP contribution in [0, 0.1) is 0 Å². The second kappa shape index (κ2) is 9.29. The zero-order valence-corrected chi connectivity index (χ0v) is 18.4. The Balaban J connectivity index is 1.71. The fraction of sp³-hybridized carbons (Fsp3) is 0.333. The first-order valence-corrected chi connectivity index (χ1v) is 11.4. The second-order valence-corrected chi connectivity index (χ2v) is 8.96. The fourth-order valence-electron chi connectivity index (χ4n) is 3.34. The molecule has 1 heterocycles. The minimum Gasteiger partial charge on any atom is -0.350 e. The number of amides is 1. The van der Waals surface area contributed by atoms with Crippen molar-refractivity contribution in [2.75, 3.05) is 13.1 Å². The van der Waals surface area contributed by atoms with Crippen LogP contribution in [0.4, 0.5) is 13.2 Å². The van der Waals surface area contributed by atoms with Crippen molar-refractivity contribution in [2.24, 2.45) is 0 Å². The minimum absolute atomic E-state index is 0.0401. The lowest BCUT2D eigenvalue weighted by Gasteiger charge is -2.18. The first kappa shape index (κ1) is 23.7. The number of fused-ring (bicyclic) bond motifs is 1. The summed E-state index contributed by atoms with van der Waals surface area (Å²) in [7, 11) is -3.59. The highest BCUT2D eigenvalue weighted by atomic mass is 32.2. The molecule has 2 aromatic carbocycles. The highest BCUT2D eigenvalue weighted by molar-refractivity contribution is 7.89. The average molecular weight is 469 g/mol. The third-order valence-electron chi connectivity index (χ3n) is 4.97. The van der Waals surface area contributed by atoms with E-state index in [-0.39, 0.29) is 22.5 Å². The Hall–Kier alpha value is -2.92. The number of para-hydroxylation sites is 2. The summed E-state index contributed by atoms with van der Waals surface area (Å²) >= 11 is 0. The zero-order valence-electron chi connectivity index (χ0n) is 17.6. The molecule has 0 atom stereocenters. The van der Waals surface area contributed by atoms with Gasteiger partial charge in [-0.05, 0) is 29.8 Å². The smallest absolute Gasteiger partial charge is 0.350 e. The van der Waals surface area contributed by atoms with Crippen molar-refractivity contribution < 1.29 is 26.4 Å². The van der Waals surface area contributed by atoms with E-state index in [1.807, 2.05) is 0 Å². The van der Waals surface area contributed by atoms with Crippen LogP contribution in [-0.4, -0.2) is 41.3 Å². The predicted molar refractivity (Wildman–Crippen MR) is 113 cm³/mol. The van der Waals surface area contributed by atoms with Gasteiger partial charge in [-0.3, -0.25) is 4.79 Å². The van der Waals surface area contributed by atoms with Crippen LogP contribution in [0.25, 0.3) is 11.0 Å². The lowest BCUT2D eigenvalue weighted by atomic mass is 10.2. The van der Waals surface area contributed by atoms with Crippen LogP contribution >= 0.6 is 0 Å². The number of carbonyl (C=O) groups is 1. The molecule has 0 saturated heterocycles. The van der Waals surface area contributed by atoms with Gasteiger partial charge in [0.15, 0.2) is 0 Å². The van der Waals surface area contributed by atoms with E-state index in [9.17, 15) is 26.4 Å². The molecule has 11 heteroatoms. The Bertz CT molecular complexity index is 1200. The molecule has 1 amide bonds. The van der Waals surface area contributed by atoms with Gasteiger partial charge < -0.3 is 9.88 Å². The van der Waals surface area contributed by atoms with Crippen LogP contribution in [0.15, 0.2) is 53.4 Å². The predicted octanol–water partition coefficient (Wildman–Crippen LogP) is 3.40. The van der Waals surface area contributed by atoms with Crippen LogP contribution < -0.4 is 5.32 Å². The lowest BCUT2D eigenvalue weighted by Crippen LogP contribution is -2.30. The van der Waals surface area contributed by atoms with Gasteiger partial charge in [-0.15, -0.1) is 0 Å². The van der Waals surface area contributed by atoms with Crippen molar-refractivity contribution in [1.29, 1.82) is 0 Å². The Morgan fingerprint density at radius 2 is 1.69 bits per heavy atom. The monoisotopic (exact) mass is 468 g/mol. The summed E-state index contributed by atoms with van der Waals surface area (Å²) in [6, 6.07) is 12.1. The van der Waals surface area contributed by atoms with Crippen LogP contribution in [-0.2, 0) is 34.1 Å². The fourth-order valence-corrected chi connectivity index (χ4v) is 4.80. The van der Waals surface area contributed by atoms with Gasteiger partial charge in [0, 0.05) is 19.6 Å². The summed E-state index contributed by atoms with van der Waals surface area (Å²) in [5.74, 6) is -1.77. The van der Waals surface area contributed by atoms with Crippen molar-refractivity contribution in [3.05, 3.63) is 59.9 Å². The lowest BCUT2D eigenvalue weighted by molar-refractivity contribution is -0.147. The van der Waals surface area contributed by atoms with Gasteiger partial charge in [-0.25, -0.2) is 13.4 Å². The normalized spacial score (nSPS) is 12.4. The third-order valence-corrected chi connectivity index (χ3v) is 7.03. The van der Waals surface area contributed by atoms with Gasteiger partial charge in [0.2, 0.25) is 21.8 Å². The molecular weight excluding hydrogens is 445 g/mol. The van der Waals surface area contributed by atoms with Crippen LogP contribution in [0.2, 0.25) is 0 Å². The Labute approximate surface area is 183 Å². The van der Waals surface area contributed by atoms with E-state index in [1.165, 1.54) is 28.6 Å². The quantitative estimate of drug-likeness (QED) is 0.549. The Kier molecular flexibility index (Phi) is 6.89. The number of hydrogen-bond donors (Lipinski definition) is 1. The molecule has 3 rings (SSSR count). The molecule has 0 unspecified atom stereocenters. The molecule has 32 heavy (non-hydrogen) atoms. The number of sulfonamides is 1. The van der Waals surface area contributed by atoms with E-state index < -0.39 is 34.5 Å². The highest BCUT2D eigenvalue weighted by Gasteiger charge is 2.38. The molecule has 0 radical (unpaired) electrons. The van der Waals surface area contributed by atoms with Crippen LogP contribution in [0.1, 0.15) is 25.2 Å².